The summed E-state index contributed by atoms with van der Waals surface area (Å²) in [6.07, 6.45) is -4.54. The van der Waals surface area contributed by atoms with Crippen LogP contribution in [0.15, 0.2) is 23.3 Å². The summed E-state index contributed by atoms with van der Waals surface area (Å²) in [5, 5.41) is 12.5. The standard InChI is InChI=1S/C14H13ClF3N3O/c1-13(2,3)12(22)11(7-19)21-20-10-6-8(14(16,17)18)4-5-9(10)15/h4-6,20H,1-3H3. The van der Waals surface area contributed by atoms with Gasteiger partial charge in [-0.25, -0.2) is 0 Å². The zero-order valence-corrected chi connectivity index (χ0v) is 12.8. The first kappa shape index (κ1) is 18.0. The van der Waals surface area contributed by atoms with E-state index in [1.54, 1.807) is 26.8 Å². The van der Waals surface area contributed by atoms with Gasteiger partial charge in [0.25, 0.3) is 0 Å². The molecule has 0 saturated carbocycles. The van der Waals surface area contributed by atoms with Gasteiger partial charge in [-0.1, -0.05) is 32.4 Å². The van der Waals surface area contributed by atoms with Crippen LogP contribution in [0.25, 0.3) is 0 Å². The molecule has 4 nitrogen and oxygen atoms in total. The number of anilines is 1. The summed E-state index contributed by atoms with van der Waals surface area (Å²) in [5.41, 5.74) is -0.109. The number of Topliss-reactive ketones (excluding diaryl/α,β-unsaturated/α-hetero) is 1. The minimum Gasteiger partial charge on any atom is -0.291 e. The zero-order chi connectivity index (χ0) is 17.1. The third kappa shape index (κ3) is 4.46. The highest BCUT2D eigenvalue weighted by Crippen LogP contribution is 2.33. The van der Waals surface area contributed by atoms with Crippen LogP contribution >= 0.6 is 11.6 Å². The molecule has 0 heterocycles. The van der Waals surface area contributed by atoms with Crippen molar-refractivity contribution in [1.82, 2.24) is 0 Å². The van der Waals surface area contributed by atoms with Crippen LogP contribution < -0.4 is 5.43 Å². The SMILES string of the molecule is CC(C)(C)C(=O)C(C#N)=NNc1cc(C(F)(F)F)ccc1Cl. The average molecular weight is 332 g/mol. The fraction of sp³-hybridized carbons (Fsp3) is 0.357. The van der Waals surface area contributed by atoms with Gasteiger partial charge in [-0.05, 0) is 18.2 Å². The molecule has 0 atom stereocenters. The quantitative estimate of drug-likeness (QED) is 0.664. The number of carbonyl (C=O) groups is 1. The molecule has 0 fully saturated rings. The van der Waals surface area contributed by atoms with Crippen LogP contribution in [-0.2, 0) is 11.0 Å². The lowest BCUT2D eigenvalue weighted by Gasteiger charge is -2.15. The Bertz CT molecular complexity index is 655. The second-order valence-corrected chi connectivity index (χ2v) is 5.86. The van der Waals surface area contributed by atoms with Gasteiger partial charge in [0, 0.05) is 5.41 Å². The van der Waals surface area contributed by atoms with Crippen LogP contribution in [0.3, 0.4) is 0 Å². The fourth-order valence-corrected chi connectivity index (χ4v) is 1.54. The molecule has 118 valence electrons. The fourth-order valence-electron chi connectivity index (χ4n) is 1.39. The van der Waals surface area contributed by atoms with Gasteiger partial charge in [-0.2, -0.15) is 23.5 Å². The van der Waals surface area contributed by atoms with E-state index in [0.717, 1.165) is 18.2 Å². The van der Waals surface area contributed by atoms with Crippen LogP contribution in [0.5, 0.6) is 0 Å². The second kappa shape index (κ2) is 6.36. The number of hydrogen-bond donors (Lipinski definition) is 1. The van der Waals surface area contributed by atoms with Gasteiger partial charge in [0.15, 0.2) is 5.78 Å². The molecule has 0 radical (unpaired) electrons. The monoisotopic (exact) mass is 331 g/mol. The summed E-state index contributed by atoms with van der Waals surface area (Å²) in [6.45, 7) is 4.79. The predicted molar refractivity (Wildman–Crippen MR) is 77.6 cm³/mol. The van der Waals surface area contributed by atoms with Crippen molar-refractivity contribution in [3.63, 3.8) is 0 Å². The van der Waals surface area contributed by atoms with Gasteiger partial charge in [-0.3, -0.25) is 10.2 Å². The first-order valence-corrected chi connectivity index (χ1v) is 6.50. The summed E-state index contributed by atoms with van der Waals surface area (Å²) in [7, 11) is 0. The molecule has 22 heavy (non-hydrogen) atoms. The Kier molecular flexibility index (Phi) is 5.20. The number of alkyl halides is 3. The Balaban J connectivity index is 3.12. The maximum absolute atomic E-state index is 12.6. The molecule has 0 amide bonds. The molecule has 0 bridgehead atoms. The number of hydrazone groups is 1. The Morgan fingerprint density at radius 3 is 2.36 bits per heavy atom. The number of hydrogen-bond acceptors (Lipinski definition) is 4. The van der Waals surface area contributed by atoms with Gasteiger partial charge >= 0.3 is 6.18 Å². The van der Waals surface area contributed by atoms with E-state index in [1.807, 2.05) is 0 Å². The van der Waals surface area contributed by atoms with Crippen molar-refractivity contribution in [3.05, 3.63) is 28.8 Å². The molecule has 8 heteroatoms. The molecule has 0 aliphatic rings. The largest absolute Gasteiger partial charge is 0.416 e. The van der Waals surface area contributed by atoms with Crippen molar-refractivity contribution < 1.29 is 18.0 Å². The minimum absolute atomic E-state index is 0.0164. The van der Waals surface area contributed by atoms with Crippen LogP contribution in [0, 0.1) is 16.7 Å². The van der Waals surface area contributed by atoms with Crippen LogP contribution in [0.2, 0.25) is 5.02 Å². The maximum atomic E-state index is 12.6. The average Bonchev–Trinajstić information content (AvgIpc) is 2.38. The van der Waals surface area contributed by atoms with Crippen molar-refractivity contribution in [3.8, 4) is 6.07 Å². The molecular weight excluding hydrogens is 319 g/mol. The van der Waals surface area contributed by atoms with Crippen molar-refractivity contribution >= 4 is 28.8 Å². The van der Waals surface area contributed by atoms with E-state index in [1.165, 1.54) is 0 Å². The van der Waals surface area contributed by atoms with E-state index in [9.17, 15) is 18.0 Å². The number of rotatable bonds is 3. The van der Waals surface area contributed by atoms with E-state index in [-0.39, 0.29) is 10.7 Å². The molecular formula is C14H13ClF3N3O. The summed E-state index contributed by atoms with van der Waals surface area (Å²) in [5.74, 6) is -0.536. The topological polar surface area (TPSA) is 65.2 Å². The molecule has 0 saturated heterocycles. The van der Waals surface area contributed by atoms with Crippen LogP contribution in [0.1, 0.15) is 26.3 Å². The molecule has 1 N–H and O–H groups in total. The Labute approximate surface area is 130 Å². The normalized spacial score (nSPS) is 12.7. The highest BCUT2D eigenvalue weighted by molar-refractivity contribution is 6.47. The summed E-state index contributed by atoms with van der Waals surface area (Å²) in [4.78, 5) is 11.9. The number of halogens is 4. The number of carbonyl (C=O) groups excluding carboxylic acids is 1. The Morgan fingerprint density at radius 1 is 1.32 bits per heavy atom. The number of ketones is 1. The lowest BCUT2D eigenvalue weighted by atomic mass is 9.88. The zero-order valence-electron chi connectivity index (χ0n) is 12.0. The van der Waals surface area contributed by atoms with E-state index in [4.69, 9.17) is 16.9 Å². The van der Waals surface area contributed by atoms with E-state index in [2.05, 4.69) is 10.5 Å². The summed E-state index contributed by atoms with van der Waals surface area (Å²) >= 11 is 5.78. The van der Waals surface area contributed by atoms with Crippen molar-refractivity contribution in [1.29, 1.82) is 5.26 Å². The lowest BCUT2D eigenvalue weighted by Crippen LogP contribution is -2.28. The molecule has 0 aliphatic heterocycles. The van der Waals surface area contributed by atoms with Gasteiger partial charge in [0.1, 0.15) is 6.07 Å². The van der Waals surface area contributed by atoms with Gasteiger partial charge in [-0.15, -0.1) is 0 Å². The minimum atomic E-state index is -4.54. The van der Waals surface area contributed by atoms with Crippen molar-refractivity contribution in [2.45, 2.75) is 26.9 Å². The first-order chi connectivity index (χ1) is 9.96. The Morgan fingerprint density at radius 2 is 1.91 bits per heavy atom. The molecule has 1 aromatic rings. The molecule has 0 unspecified atom stereocenters. The third-order valence-corrected chi connectivity index (χ3v) is 2.91. The molecule has 0 aliphatic carbocycles. The maximum Gasteiger partial charge on any atom is 0.416 e. The second-order valence-electron chi connectivity index (χ2n) is 5.46. The van der Waals surface area contributed by atoms with Crippen LogP contribution in [0.4, 0.5) is 18.9 Å². The molecule has 0 aromatic heterocycles. The van der Waals surface area contributed by atoms with Crippen LogP contribution in [-0.4, -0.2) is 11.5 Å². The van der Waals surface area contributed by atoms with Crippen molar-refractivity contribution in [2.75, 3.05) is 5.43 Å². The van der Waals surface area contributed by atoms with E-state index < -0.39 is 28.6 Å². The number of nitriles is 1. The summed E-state index contributed by atoms with van der Waals surface area (Å²) < 4.78 is 37.9. The van der Waals surface area contributed by atoms with Gasteiger partial charge in [0.05, 0.1) is 16.3 Å². The highest BCUT2D eigenvalue weighted by atomic mass is 35.5. The smallest absolute Gasteiger partial charge is 0.291 e. The van der Waals surface area contributed by atoms with Gasteiger partial charge in [0.2, 0.25) is 5.71 Å². The number of nitrogens with zero attached hydrogens (tertiary/aromatic N) is 2. The summed E-state index contributed by atoms with van der Waals surface area (Å²) in [6, 6.07) is 4.25. The van der Waals surface area contributed by atoms with E-state index >= 15 is 0 Å². The number of nitrogens with one attached hydrogen (secondary N) is 1. The Hall–Kier alpha value is -2.07. The first-order valence-electron chi connectivity index (χ1n) is 6.12. The van der Waals surface area contributed by atoms with Crippen molar-refractivity contribution in [2.24, 2.45) is 10.5 Å². The number of benzene rings is 1. The van der Waals surface area contributed by atoms with E-state index in [0.29, 0.717) is 0 Å². The molecule has 1 aromatic carbocycles. The predicted octanol–water partition coefficient (Wildman–Crippen LogP) is 4.27. The van der Waals surface area contributed by atoms with Gasteiger partial charge < -0.3 is 0 Å². The molecule has 1 rings (SSSR count). The lowest BCUT2D eigenvalue weighted by molar-refractivity contribution is -0.137. The highest BCUT2D eigenvalue weighted by Gasteiger charge is 2.31. The molecule has 0 spiro atoms. The third-order valence-electron chi connectivity index (χ3n) is 2.58.